The van der Waals surface area contributed by atoms with Gasteiger partial charge < -0.3 is 10.1 Å². The molecule has 1 N–H and O–H groups in total. The summed E-state index contributed by atoms with van der Waals surface area (Å²) in [6.07, 6.45) is 0. The topological polar surface area (TPSA) is 41.6 Å². The van der Waals surface area contributed by atoms with Crippen molar-refractivity contribution in [2.75, 3.05) is 32.8 Å². The number of hydrogen-bond acceptors (Lipinski definition) is 3. The Morgan fingerprint density at radius 3 is 2.26 bits per heavy atom. The zero-order valence-corrected chi connectivity index (χ0v) is 13.2. The van der Waals surface area contributed by atoms with Gasteiger partial charge in [0.2, 0.25) is 0 Å². The molecule has 0 unspecified atom stereocenters. The van der Waals surface area contributed by atoms with Crippen molar-refractivity contribution in [1.82, 2.24) is 10.2 Å². The minimum absolute atomic E-state index is 0.0280. The zero-order valence-electron chi connectivity index (χ0n) is 13.2. The second kappa shape index (κ2) is 7.90. The smallest absolute Gasteiger partial charge is 0.251 e. The molecule has 2 aromatic carbocycles. The van der Waals surface area contributed by atoms with Gasteiger partial charge in [0, 0.05) is 25.2 Å². The lowest BCUT2D eigenvalue weighted by atomic mass is 10.0. The van der Waals surface area contributed by atoms with E-state index in [1.165, 1.54) is 5.56 Å². The van der Waals surface area contributed by atoms with Crippen LogP contribution in [0.1, 0.15) is 22.0 Å². The van der Waals surface area contributed by atoms with E-state index >= 15 is 0 Å². The second-order valence-corrected chi connectivity index (χ2v) is 5.65. The Morgan fingerprint density at radius 1 is 1.00 bits per heavy atom. The number of hydrogen-bond donors (Lipinski definition) is 1. The van der Waals surface area contributed by atoms with Crippen LogP contribution in [-0.2, 0) is 4.74 Å². The van der Waals surface area contributed by atoms with Crippen LogP contribution in [0.15, 0.2) is 60.7 Å². The number of morpholine rings is 1. The number of nitrogens with one attached hydrogen (secondary N) is 1. The van der Waals surface area contributed by atoms with Gasteiger partial charge >= 0.3 is 0 Å². The van der Waals surface area contributed by atoms with Gasteiger partial charge in [-0.25, -0.2) is 0 Å². The average molecular weight is 310 g/mol. The minimum Gasteiger partial charge on any atom is -0.379 e. The average Bonchev–Trinajstić information content (AvgIpc) is 2.64. The van der Waals surface area contributed by atoms with Gasteiger partial charge in [0.05, 0.1) is 19.3 Å². The van der Waals surface area contributed by atoms with Crippen molar-refractivity contribution >= 4 is 5.91 Å². The number of ether oxygens (including phenoxy) is 1. The first-order chi connectivity index (χ1) is 11.3. The summed E-state index contributed by atoms with van der Waals surface area (Å²) in [6.45, 7) is 3.87. The highest BCUT2D eigenvalue weighted by Gasteiger charge is 2.23. The fraction of sp³-hybridized carbons (Fsp3) is 0.316. The molecule has 1 heterocycles. The highest BCUT2D eigenvalue weighted by atomic mass is 16.5. The minimum atomic E-state index is -0.0280. The lowest BCUT2D eigenvalue weighted by molar-refractivity contribution is 0.0162. The summed E-state index contributed by atoms with van der Waals surface area (Å²) in [4.78, 5) is 14.7. The third-order valence-electron chi connectivity index (χ3n) is 4.16. The molecule has 0 aliphatic carbocycles. The molecule has 0 saturated carbocycles. The van der Waals surface area contributed by atoms with Crippen molar-refractivity contribution in [2.24, 2.45) is 0 Å². The van der Waals surface area contributed by atoms with Crippen LogP contribution in [0.2, 0.25) is 0 Å². The zero-order chi connectivity index (χ0) is 15.9. The van der Waals surface area contributed by atoms with Gasteiger partial charge in [0.25, 0.3) is 5.91 Å². The Balaban J connectivity index is 1.70. The van der Waals surface area contributed by atoms with Crippen LogP contribution in [0.3, 0.4) is 0 Å². The van der Waals surface area contributed by atoms with E-state index in [9.17, 15) is 4.79 Å². The number of rotatable bonds is 5. The van der Waals surface area contributed by atoms with E-state index in [1.807, 2.05) is 48.5 Å². The molecule has 1 atom stereocenters. The predicted molar refractivity (Wildman–Crippen MR) is 90.4 cm³/mol. The maximum atomic E-state index is 12.3. The summed E-state index contributed by atoms with van der Waals surface area (Å²) in [5, 5.41) is 3.07. The molecule has 1 amide bonds. The summed E-state index contributed by atoms with van der Waals surface area (Å²) >= 11 is 0. The van der Waals surface area contributed by atoms with E-state index in [1.54, 1.807) is 0 Å². The molecule has 0 radical (unpaired) electrons. The van der Waals surface area contributed by atoms with Crippen molar-refractivity contribution in [3.8, 4) is 0 Å². The summed E-state index contributed by atoms with van der Waals surface area (Å²) in [5.74, 6) is -0.0280. The third-order valence-corrected chi connectivity index (χ3v) is 4.16. The lowest BCUT2D eigenvalue weighted by Crippen LogP contribution is -2.43. The number of amides is 1. The first-order valence-corrected chi connectivity index (χ1v) is 8.04. The van der Waals surface area contributed by atoms with Crippen molar-refractivity contribution in [2.45, 2.75) is 6.04 Å². The van der Waals surface area contributed by atoms with Gasteiger partial charge in [0.1, 0.15) is 0 Å². The molecule has 23 heavy (non-hydrogen) atoms. The Bertz CT molecular complexity index is 610. The molecule has 120 valence electrons. The molecule has 2 aromatic rings. The summed E-state index contributed by atoms with van der Waals surface area (Å²) in [7, 11) is 0. The van der Waals surface area contributed by atoms with Crippen LogP contribution < -0.4 is 5.32 Å². The van der Waals surface area contributed by atoms with Gasteiger partial charge in [-0.3, -0.25) is 9.69 Å². The van der Waals surface area contributed by atoms with Crippen LogP contribution in [0.25, 0.3) is 0 Å². The Kier molecular flexibility index (Phi) is 5.40. The Morgan fingerprint density at radius 2 is 1.61 bits per heavy atom. The normalized spacial score (nSPS) is 16.7. The fourth-order valence-electron chi connectivity index (χ4n) is 2.90. The maximum Gasteiger partial charge on any atom is 0.251 e. The molecular formula is C19H22N2O2. The summed E-state index contributed by atoms with van der Waals surface area (Å²) in [5.41, 5.74) is 1.92. The van der Waals surface area contributed by atoms with Crippen LogP contribution in [-0.4, -0.2) is 43.7 Å². The third kappa shape index (κ3) is 4.18. The standard InChI is InChI=1S/C19H22N2O2/c22-19(17-9-5-2-6-10-17)20-15-18(16-7-3-1-4-8-16)21-11-13-23-14-12-21/h1-10,18H,11-15H2,(H,20,22)/t18-/m0/s1. The Hall–Kier alpha value is -2.17. The molecule has 0 aromatic heterocycles. The molecule has 1 fully saturated rings. The van der Waals surface area contributed by atoms with E-state index in [-0.39, 0.29) is 11.9 Å². The number of carbonyl (C=O) groups excluding carboxylic acids is 1. The predicted octanol–water partition coefficient (Wildman–Crippen LogP) is 2.49. The first kappa shape index (κ1) is 15.7. The Labute approximate surface area is 137 Å². The second-order valence-electron chi connectivity index (χ2n) is 5.65. The maximum absolute atomic E-state index is 12.3. The van der Waals surface area contributed by atoms with Crippen molar-refractivity contribution in [1.29, 1.82) is 0 Å². The van der Waals surface area contributed by atoms with Gasteiger partial charge in [-0.2, -0.15) is 0 Å². The van der Waals surface area contributed by atoms with E-state index < -0.39 is 0 Å². The number of benzene rings is 2. The molecule has 4 nitrogen and oxygen atoms in total. The van der Waals surface area contributed by atoms with Gasteiger partial charge in [0.15, 0.2) is 0 Å². The van der Waals surface area contributed by atoms with Gasteiger partial charge in [-0.1, -0.05) is 48.5 Å². The van der Waals surface area contributed by atoms with Crippen molar-refractivity contribution < 1.29 is 9.53 Å². The molecule has 4 heteroatoms. The molecule has 1 aliphatic rings. The molecule has 1 saturated heterocycles. The molecule has 0 bridgehead atoms. The van der Waals surface area contributed by atoms with E-state index in [0.717, 1.165) is 26.3 Å². The quantitative estimate of drug-likeness (QED) is 0.922. The van der Waals surface area contributed by atoms with E-state index in [4.69, 9.17) is 4.74 Å². The summed E-state index contributed by atoms with van der Waals surface area (Å²) < 4.78 is 5.45. The van der Waals surface area contributed by atoms with Crippen LogP contribution in [0.5, 0.6) is 0 Å². The molecule has 3 rings (SSSR count). The SMILES string of the molecule is O=C(NC[C@@H](c1ccccc1)N1CCOCC1)c1ccccc1. The van der Waals surface area contributed by atoms with E-state index in [0.29, 0.717) is 12.1 Å². The van der Waals surface area contributed by atoms with Crippen LogP contribution >= 0.6 is 0 Å². The lowest BCUT2D eigenvalue weighted by Gasteiger charge is -2.35. The number of nitrogens with zero attached hydrogens (tertiary/aromatic N) is 1. The monoisotopic (exact) mass is 310 g/mol. The highest BCUT2D eigenvalue weighted by molar-refractivity contribution is 5.94. The summed E-state index contributed by atoms with van der Waals surface area (Å²) in [6, 6.07) is 19.9. The molecule has 1 aliphatic heterocycles. The fourth-order valence-corrected chi connectivity index (χ4v) is 2.90. The van der Waals surface area contributed by atoms with Crippen LogP contribution in [0, 0.1) is 0 Å². The molecular weight excluding hydrogens is 288 g/mol. The number of carbonyl (C=O) groups is 1. The van der Waals surface area contributed by atoms with Gasteiger partial charge in [-0.05, 0) is 17.7 Å². The van der Waals surface area contributed by atoms with E-state index in [2.05, 4.69) is 22.3 Å². The van der Waals surface area contributed by atoms with Crippen molar-refractivity contribution in [3.63, 3.8) is 0 Å². The first-order valence-electron chi connectivity index (χ1n) is 8.04. The van der Waals surface area contributed by atoms with Crippen molar-refractivity contribution in [3.05, 3.63) is 71.8 Å². The van der Waals surface area contributed by atoms with Crippen LogP contribution in [0.4, 0.5) is 0 Å². The largest absolute Gasteiger partial charge is 0.379 e. The highest BCUT2D eigenvalue weighted by Crippen LogP contribution is 2.21. The van der Waals surface area contributed by atoms with Gasteiger partial charge in [-0.15, -0.1) is 0 Å². The molecule has 0 spiro atoms.